The highest BCUT2D eigenvalue weighted by Crippen LogP contribution is 2.33. The largest absolute Gasteiger partial charge is 0.505 e. The topological polar surface area (TPSA) is 33.1 Å². The molecule has 0 aliphatic rings. The smallest absolute Gasteiger partial charge is 0.267 e. The molecule has 0 bridgehead atoms. The van der Waals surface area contributed by atoms with E-state index in [1.807, 2.05) is 0 Å². The first-order valence-corrected chi connectivity index (χ1v) is 5.20. The molecule has 13 heavy (non-hydrogen) atoms. The van der Waals surface area contributed by atoms with Crippen molar-refractivity contribution in [3.05, 3.63) is 21.9 Å². The van der Waals surface area contributed by atoms with Crippen molar-refractivity contribution in [3.63, 3.8) is 0 Å². The molecule has 1 heterocycles. The van der Waals surface area contributed by atoms with Crippen LogP contribution in [0.5, 0.6) is 5.75 Å². The van der Waals surface area contributed by atoms with Gasteiger partial charge in [0.2, 0.25) is 0 Å². The molecule has 0 radical (unpaired) electrons. The SMILES string of the molecule is Oc1c(C(F)F)cc(Br)nc1CBr. The van der Waals surface area contributed by atoms with Crippen molar-refractivity contribution in [2.24, 2.45) is 0 Å². The van der Waals surface area contributed by atoms with Crippen molar-refractivity contribution in [1.82, 2.24) is 4.98 Å². The number of alkyl halides is 3. The summed E-state index contributed by atoms with van der Waals surface area (Å²) in [6.07, 6.45) is -2.70. The van der Waals surface area contributed by atoms with Gasteiger partial charge in [-0.2, -0.15) is 0 Å². The number of hydrogen-bond acceptors (Lipinski definition) is 2. The van der Waals surface area contributed by atoms with Gasteiger partial charge in [0.15, 0.2) is 0 Å². The molecule has 2 nitrogen and oxygen atoms in total. The van der Waals surface area contributed by atoms with E-state index in [0.29, 0.717) is 0 Å². The van der Waals surface area contributed by atoms with Crippen molar-refractivity contribution >= 4 is 31.9 Å². The fraction of sp³-hybridized carbons (Fsp3) is 0.286. The molecule has 0 aliphatic heterocycles. The van der Waals surface area contributed by atoms with Gasteiger partial charge in [-0.25, -0.2) is 13.8 Å². The third-order valence-electron chi connectivity index (χ3n) is 1.42. The fourth-order valence-corrected chi connectivity index (χ4v) is 1.69. The summed E-state index contributed by atoms with van der Waals surface area (Å²) in [5.74, 6) is -0.449. The fourth-order valence-electron chi connectivity index (χ4n) is 0.837. The molecule has 1 aromatic rings. The Labute approximate surface area is 90.2 Å². The third-order valence-corrected chi connectivity index (χ3v) is 2.36. The van der Waals surface area contributed by atoms with Gasteiger partial charge in [0.05, 0.1) is 11.3 Å². The maximum Gasteiger partial charge on any atom is 0.267 e. The van der Waals surface area contributed by atoms with Crippen LogP contribution in [-0.2, 0) is 5.33 Å². The Morgan fingerprint density at radius 3 is 2.62 bits per heavy atom. The average molecular weight is 317 g/mol. The average Bonchev–Trinajstić information content (AvgIpc) is 2.08. The molecule has 1 N–H and O–H groups in total. The van der Waals surface area contributed by atoms with Crippen molar-refractivity contribution in [1.29, 1.82) is 0 Å². The van der Waals surface area contributed by atoms with E-state index in [9.17, 15) is 13.9 Å². The van der Waals surface area contributed by atoms with Crippen LogP contribution in [0.25, 0.3) is 0 Å². The van der Waals surface area contributed by atoms with Gasteiger partial charge in [0, 0.05) is 5.33 Å². The number of aromatic hydroxyl groups is 1. The molecule has 1 rings (SSSR count). The maximum absolute atomic E-state index is 12.3. The monoisotopic (exact) mass is 315 g/mol. The van der Waals surface area contributed by atoms with E-state index in [1.54, 1.807) is 0 Å². The van der Waals surface area contributed by atoms with Gasteiger partial charge in [-0.3, -0.25) is 0 Å². The second-order valence-corrected chi connectivity index (χ2v) is 3.64. The predicted octanol–water partition coefficient (Wildman–Crippen LogP) is 3.38. The molecule has 0 amide bonds. The van der Waals surface area contributed by atoms with Gasteiger partial charge >= 0.3 is 0 Å². The molecule has 0 atom stereocenters. The van der Waals surface area contributed by atoms with Gasteiger partial charge in [-0.15, -0.1) is 0 Å². The van der Waals surface area contributed by atoms with Crippen LogP contribution in [0.3, 0.4) is 0 Å². The predicted molar refractivity (Wildman–Crippen MR) is 51.2 cm³/mol. The summed E-state index contributed by atoms with van der Waals surface area (Å²) in [4.78, 5) is 3.82. The summed E-state index contributed by atoms with van der Waals surface area (Å²) in [6, 6.07) is 1.10. The van der Waals surface area contributed by atoms with E-state index < -0.39 is 17.7 Å². The summed E-state index contributed by atoms with van der Waals surface area (Å²) < 4.78 is 24.9. The Hall–Kier alpha value is -0.230. The van der Waals surface area contributed by atoms with Crippen molar-refractivity contribution < 1.29 is 13.9 Å². The third kappa shape index (κ3) is 2.37. The van der Waals surface area contributed by atoms with Crippen LogP contribution in [0, 0.1) is 0 Å². The Bertz CT molecular complexity index is 320. The molecule has 72 valence electrons. The summed E-state index contributed by atoms with van der Waals surface area (Å²) in [5, 5.41) is 9.52. The Balaban J connectivity index is 3.27. The van der Waals surface area contributed by atoms with Crippen LogP contribution >= 0.6 is 31.9 Å². The van der Waals surface area contributed by atoms with Gasteiger partial charge in [0.1, 0.15) is 10.4 Å². The van der Waals surface area contributed by atoms with Gasteiger partial charge in [0.25, 0.3) is 6.43 Å². The Kier molecular flexibility index (Phi) is 3.61. The zero-order valence-corrected chi connectivity index (χ0v) is 9.44. The highest BCUT2D eigenvalue weighted by molar-refractivity contribution is 9.10. The number of aromatic nitrogens is 1. The van der Waals surface area contributed by atoms with E-state index in [4.69, 9.17) is 0 Å². The summed E-state index contributed by atoms with van der Waals surface area (Å²) in [5.41, 5.74) is -0.207. The zero-order chi connectivity index (χ0) is 10.0. The first kappa shape index (κ1) is 10.8. The number of nitrogens with zero attached hydrogens (tertiary/aromatic N) is 1. The van der Waals surface area contributed by atoms with E-state index in [-0.39, 0.29) is 15.6 Å². The summed E-state index contributed by atoms with van der Waals surface area (Å²) in [6.45, 7) is 0. The molecular weight excluding hydrogens is 312 g/mol. The molecule has 0 saturated carbocycles. The highest BCUT2D eigenvalue weighted by Gasteiger charge is 2.17. The zero-order valence-electron chi connectivity index (χ0n) is 6.27. The van der Waals surface area contributed by atoms with Crippen LogP contribution in [0.4, 0.5) is 8.78 Å². The second-order valence-electron chi connectivity index (χ2n) is 2.26. The lowest BCUT2D eigenvalue weighted by atomic mass is 10.2. The van der Waals surface area contributed by atoms with E-state index >= 15 is 0 Å². The van der Waals surface area contributed by atoms with Crippen LogP contribution in [0.15, 0.2) is 10.7 Å². The minimum atomic E-state index is -2.70. The first-order valence-electron chi connectivity index (χ1n) is 3.28. The molecule has 1 aromatic heterocycles. The molecule has 0 aliphatic carbocycles. The van der Waals surface area contributed by atoms with Gasteiger partial charge in [-0.1, -0.05) is 15.9 Å². The maximum atomic E-state index is 12.3. The highest BCUT2D eigenvalue weighted by atomic mass is 79.9. The lowest BCUT2D eigenvalue weighted by molar-refractivity contribution is 0.147. The standard InChI is InChI=1S/C7H5Br2F2NO/c8-2-4-6(13)3(7(10)11)1-5(9)12-4/h1,7,13H,2H2. The lowest BCUT2D eigenvalue weighted by Crippen LogP contribution is -1.94. The van der Waals surface area contributed by atoms with E-state index in [0.717, 1.165) is 6.07 Å². The lowest BCUT2D eigenvalue weighted by Gasteiger charge is -2.06. The summed E-state index contributed by atoms with van der Waals surface area (Å²) >= 11 is 6.02. The number of pyridine rings is 1. The molecule has 0 unspecified atom stereocenters. The summed E-state index contributed by atoms with van der Waals surface area (Å²) in [7, 11) is 0. The van der Waals surface area contributed by atoms with Crippen molar-refractivity contribution in [2.75, 3.05) is 0 Å². The molecular formula is C7H5Br2F2NO. The van der Waals surface area contributed by atoms with Gasteiger partial charge in [-0.05, 0) is 22.0 Å². The van der Waals surface area contributed by atoms with Gasteiger partial charge < -0.3 is 5.11 Å². The van der Waals surface area contributed by atoms with E-state index in [1.165, 1.54) is 0 Å². The molecule has 6 heteroatoms. The van der Waals surface area contributed by atoms with Crippen LogP contribution in [-0.4, -0.2) is 10.1 Å². The van der Waals surface area contributed by atoms with E-state index in [2.05, 4.69) is 36.8 Å². The Morgan fingerprint density at radius 1 is 1.54 bits per heavy atom. The van der Waals surface area contributed by atoms with Crippen LogP contribution in [0.1, 0.15) is 17.7 Å². The minimum absolute atomic E-state index is 0.199. The second kappa shape index (κ2) is 4.32. The molecule has 0 fully saturated rings. The van der Waals surface area contributed by atoms with Crippen LogP contribution < -0.4 is 0 Å². The quantitative estimate of drug-likeness (QED) is 0.670. The number of hydrogen-bond donors (Lipinski definition) is 1. The minimum Gasteiger partial charge on any atom is -0.505 e. The first-order chi connectivity index (χ1) is 6.06. The normalized spacial score (nSPS) is 10.8. The van der Waals surface area contributed by atoms with Crippen LogP contribution in [0.2, 0.25) is 0 Å². The van der Waals surface area contributed by atoms with Crippen molar-refractivity contribution in [3.8, 4) is 5.75 Å². The number of rotatable bonds is 2. The van der Waals surface area contributed by atoms with Crippen molar-refractivity contribution in [2.45, 2.75) is 11.8 Å². The number of halogens is 4. The molecule has 0 saturated heterocycles. The molecule has 0 spiro atoms. The molecule has 0 aromatic carbocycles. The Morgan fingerprint density at radius 2 is 2.15 bits per heavy atom.